The van der Waals surface area contributed by atoms with Gasteiger partial charge in [0.2, 0.25) is 15.9 Å². The van der Waals surface area contributed by atoms with Gasteiger partial charge in [-0.05, 0) is 23.8 Å². The minimum absolute atomic E-state index is 0.0550. The molecule has 0 saturated carbocycles. The van der Waals surface area contributed by atoms with Crippen molar-refractivity contribution in [3.05, 3.63) is 54.1 Å². The lowest BCUT2D eigenvalue weighted by Crippen LogP contribution is -2.29. The van der Waals surface area contributed by atoms with Crippen molar-refractivity contribution in [1.29, 1.82) is 0 Å². The Kier molecular flexibility index (Phi) is 5.10. The van der Waals surface area contributed by atoms with Gasteiger partial charge in [-0.25, -0.2) is 22.5 Å². The molecule has 4 rings (SSSR count). The number of benzene rings is 2. The van der Waals surface area contributed by atoms with Crippen LogP contribution >= 0.6 is 11.3 Å². The number of nitrogens with zero attached hydrogens (tertiary/aromatic N) is 4. The van der Waals surface area contributed by atoms with Gasteiger partial charge < -0.3 is 9.52 Å². The number of hydrogen-bond acceptors (Lipinski definition) is 8. The largest absolute Gasteiger partial charge is 0.465 e. The van der Waals surface area contributed by atoms with Crippen LogP contribution < -0.4 is 9.62 Å². The number of hydrogen-bond donors (Lipinski definition) is 2. The van der Waals surface area contributed by atoms with Gasteiger partial charge in [-0.2, -0.15) is 0 Å². The van der Waals surface area contributed by atoms with E-state index in [-0.39, 0.29) is 23.6 Å². The molecule has 2 N–H and O–H groups in total. The van der Waals surface area contributed by atoms with Gasteiger partial charge in [0.15, 0.2) is 5.13 Å². The molecule has 30 heavy (non-hydrogen) atoms. The number of carbonyl (C=O) groups is 1. The van der Waals surface area contributed by atoms with Crippen molar-refractivity contribution >= 4 is 48.8 Å². The van der Waals surface area contributed by atoms with Crippen molar-refractivity contribution in [2.75, 3.05) is 15.9 Å². The first-order valence-corrected chi connectivity index (χ1v) is 11.2. The van der Waals surface area contributed by atoms with Crippen LogP contribution in [0.25, 0.3) is 21.7 Å². The molecule has 0 unspecified atom stereocenters. The Morgan fingerprint density at radius 1 is 1.20 bits per heavy atom. The zero-order valence-electron chi connectivity index (χ0n) is 15.5. The number of aromatic nitrogens is 3. The highest BCUT2D eigenvalue weighted by molar-refractivity contribution is 7.92. The molecule has 0 aliphatic rings. The van der Waals surface area contributed by atoms with E-state index in [2.05, 4.69) is 20.5 Å². The number of nitrogens with one attached hydrogen (secondary N) is 1. The van der Waals surface area contributed by atoms with E-state index < -0.39 is 16.1 Å². The van der Waals surface area contributed by atoms with Gasteiger partial charge in [0.1, 0.15) is 0 Å². The third-order valence-corrected chi connectivity index (χ3v) is 6.07. The van der Waals surface area contributed by atoms with Crippen molar-refractivity contribution in [2.45, 2.75) is 6.54 Å². The average molecular weight is 445 g/mol. The minimum Gasteiger partial charge on any atom is -0.465 e. The first-order chi connectivity index (χ1) is 14.3. The van der Waals surface area contributed by atoms with E-state index in [1.54, 1.807) is 30.3 Å². The molecule has 0 atom stereocenters. The van der Waals surface area contributed by atoms with Crippen LogP contribution in [0, 0.1) is 0 Å². The van der Waals surface area contributed by atoms with Crippen molar-refractivity contribution in [1.82, 2.24) is 15.2 Å². The lowest BCUT2D eigenvalue weighted by atomic mass is 10.2. The van der Waals surface area contributed by atoms with E-state index in [1.807, 2.05) is 18.2 Å². The fourth-order valence-electron chi connectivity index (χ4n) is 2.71. The molecule has 12 heteroatoms. The Morgan fingerprint density at radius 3 is 2.67 bits per heavy atom. The maximum atomic E-state index is 12.3. The topological polar surface area (TPSA) is 139 Å². The van der Waals surface area contributed by atoms with Crippen LogP contribution in [0.2, 0.25) is 0 Å². The predicted molar refractivity (Wildman–Crippen MR) is 112 cm³/mol. The van der Waals surface area contributed by atoms with Crippen molar-refractivity contribution in [3.8, 4) is 11.5 Å². The maximum Gasteiger partial charge on any atom is 0.410 e. The second kappa shape index (κ2) is 7.72. The predicted octanol–water partition coefficient (Wildman–Crippen LogP) is 3.40. The molecule has 0 bridgehead atoms. The van der Waals surface area contributed by atoms with Gasteiger partial charge in [0.25, 0.3) is 0 Å². The number of rotatable bonds is 6. The molecule has 0 fully saturated rings. The Hall–Kier alpha value is -3.51. The summed E-state index contributed by atoms with van der Waals surface area (Å²) >= 11 is 1.15. The van der Waals surface area contributed by atoms with Gasteiger partial charge in [-0.3, -0.25) is 5.32 Å². The Balaban J connectivity index is 1.65. The third kappa shape index (κ3) is 4.23. The summed E-state index contributed by atoms with van der Waals surface area (Å²) in [4.78, 5) is 15.0. The first kappa shape index (κ1) is 19.8. The highest BCUT2D eigenvalue weighted by Gasteiger charge is 2.24. The van der Waals surface area contributed by atoms with Crippen molar-refractivity contribution in [2.24, 2.45) is 0 Å². The van der Waals surface area contributed by atoms with Gasteiger partial charge in [-0.15, -0.1) is 5.10 Å². The van der Waals surface area contributed by atoms with Crippen LogP contribution in [0.1, 0.15) is 5.56 Å². The summed E-state index contributed by atoms with van der Waals surface area (Å²) < 4.78 is 32.0. The number of anilines is 2. The number of amides is 1. The Labute approximate surface area is 174 Å². The molecule has 0 aliphatic carbocycles. The molecule has 0 radical (unpaired) electrons. The highest BCUT2D eigenvalue weighted by Crippen LogP contribution is 2.31. The summed E-state index contributed by atoms with van der Waals surface area (Å²) in [6, 6.07) is 14.0. The maximum absolute atomic E-state index is 12.3. The summed E-state index contributed by atoms with van der Waals surface area (Å²) in [5.41, 5.74) is 1.93. The molecule has 154 valence electrons. The molecule has 10 nitrogen and oxygen atoms in total. The monoisotopic (exact) mass is 445 g/mol. The van der Waals surface area contributed by atoms with E-state index >= 15 is 0 Å². The van der Waals surface area contributed by atoms with Crippen LogP contribution in [0.5, 0.6) is 0 Å². The van der Waals surface area contributed by atoms with Crippen LogP contribution in [-0.2, 0) is 16.6 Å². The van der Waals surface area contributed by atoms with Crippen LogP contribution in [0.3, 0.4) is 0 Å². The molecule has 2 heterocycles. The summed E-state index contributed by atoms with van der Waals surface area (Å²) in [7, 11) is -3.66. The minimum atomic E-state index is -3.66. The Bertz CT molecular complexity index is 1320. The fourth-order valence-corrected chi connectivity index (χ4v) is 4.35. The molecule has 2 aromatic carbocycles. The Morgan fingerprint density at radius 2 is 1.97 bits per heavy atom. The normalized spacial score (nSPS) is 11.5. The molecule has 0 aliphatic heterocycles. The second-order valence-electron chi connectivity index (χ2n) is 6.28. The second-order valence-corrected chi connectivity index (χ2v) is 9.21. The van der Waals surface area contributed by atoms with E-state index in [4.69, 9.17) is 9.52 Å². The van der Waals surface area contributed by atoms with Crippen molar-refractivity contribution in [3.63, 3.8) is 0 Å². The smallest absolute Gasteiger partial charge is 0.410 e. The highest BCUT2D eigenvalue weighted by atomic mass is 32.2. The first-order valence-electron chi connectivity index (χ1n) is 8.55. The SMILES string of the molecule is CS(=O)(=O)N(Cc1ccccc1)c1nnc(-c2ccc3nc(NC(=O)O)sc3c2)o1. The molecular weight excluding hydrogens is 430 g/mol. The van der Waals surface area contributed by atoms with Gasteiger partial charge in [0.05, 0.1) is 23.0 Å². The number of fused-ring (bicyclic) bond motifs is 1. The van der Waals surface area contributed by atoms with E-state index in [9.17, 15) is 13.2 Å². The molecule has 0 spiro atoms. The van der Waals surface area contributed by atoms with Gasteiger partial charge in [0, 0.05) is 5.56 Å². The summed E-state index contributed by atoms with van der Waals surface area (Å²) in [6.45, 7) is 0.0550. The number of thiazole rings is 1. The molecule has 1 amide bonds. The van der Waals surface area contributed by atoms with E-state index in [0.717, 1.165) is 27.5 Å². The van der Waals surface area contributed by atoms with Crippen LogP contribution in [-0.4, -0.2) is 41.1 Å². The van der Waals surface area contributed by atoms with Crippen LogP contribution in [0.4, 0.5) is 15.9 Å². The van der Waals surface area contributed by atoms with Crippen LogP contribution in [0.15, 0.2) is 52.9 Å². The summed E-state index contributed by atoms with van der Waals surface area (Å²) in [6.07, 6.45) is -0.129. The quantitative estimate of drug-likeness (QED) is 0.460. The van der Waals surface area contributed by atoms with E-state index in [1.165, 1.54) is 0 Å². The number of sulfonamides is 1. The zero-order valence-corrected chi connectivity index (χ0v) is 17.1. The van der Waals surface area contributed by atoms with Gasteiger partial charge in [-0.1, -0.05) is 46.8 Å². The zero-order chi connectivity index (χ0) is 21.3. The molecular formula is C18H15N5O5S2. The lowest BCUT2D eigenvalue weighted by Gasteiger charge is -2.17. The number of carboxylic acid groups (broad SMARTS) is 1. The summed E-state index contributed by atoms with van der Waals surface area (Å²) in [5, 5.41) is 19.2. The fraction of sp³-hybridized carbons (Fsp3) is 0.111. The average Bonchev–Trinajstić information content (AvgIpc) is 3.31. The lowest BCUT2D eigenvalue weighted by molar-refractivity contribution is 0.209. The molecule has 4 aromatic rings. The van der Waals surface area contributed by atoms with E-state index in [0.29, 0.717) is 15.8 Å². The van der Waals surface area contributed by atoms with Gasteiger partial charge >= 0.3 is 12.1 Å². The van der Waals surface area contributed by atoms with Crippen molar-refractivity contribution < 1.29 is 22.7 Å². The standard InChI is InChI=1S/C18H15N5O5S2/c1-30(26,27)23(10-11-5-3-2-4-6-11)17-22-21-15(28-17)12-7-8-13-14(9-12)29-16(19-13)20-18(24)25/h2-9H,10H2,1H3,(H,19,20)(H,24,25). The summed E-state index contributed by atoms with van der Waals surface area (Å²) in [5.74, 6) is 0.134. The third-order valence-electron chi connectivity index (χ3n) is 4.05. The molecule has 2 aromatic heterocycles. The molecule has 0 saturated heterocycles.